The lowest BCUT2D eigenvalue weighted by atomic mass is 10.0. The number of fused-ring (bicyclic) bond motifs is 3. The SMILES string of the molecule is Cc1nc2c(oc3ccccc32)c(C)c1-c1cccc[n+]1C. The summed E-state index contributed by atoms with van der Waals surface area (Å²) in [6, 6.07) is 14.3. The number of hydrogen-bond acceptors (Lipinski definition) is 2. The third kappa shape index (κ3) is 1.75. The molecule has 4 rings (SSSR count). The average molecular weight is 289 g/mol. The quantitative estimate of drug-likeness (QED) is 0.494. The molecular weight excluding hydrogens is 272 g/mol. The molecule has 0 bridgehead atoms. The monoisotopic (exact) mass is 289 g/mol. The maximum absolute atomic E-state index is 6.07. The van der Waals surface area contributed by atoms with E-state index in [1.165, 1.54) is 0 Å². The maximum Gasteiger partial charge on any atom is 0.214 e. The number of benzene rings is 1. The van der Waals surface area contributed by atoms with Crippen LogP contribution in [0.3, 0.4) is 0 Å². The Morgan fingerprint density at radius 3 is 2.59 bits per heavy atom. The molecule has 0 radical (unpaired) electrons. The van der Waals surface area contributed by atoms with E-state index >= 15 is 0 Å². The molecule has 3 aromatic heterocycles. The number of aromatic nitrogens is 2. The minimum Gasteiger partial charge on any atom is -0.454 e. The van der Waals surface area contributed by atoms with Gasteiger partial charge < -0.3 is 4.42 Å². The van der Waals surface area contributed by atoms with Crippen molar-refractivity contribution in [3.8, 4) is 11.3 Å². The molecule has 0 aliphatic heterocycles. The van der Waals surface area contributed by atoms with Gasteiger partial charge >= 0.3 is 0 Å². The second-order valence-electron chi connectivity index (χ2n) is 5.67. The molecule has 3 nitrogen and oxygen atoms in total. The number of para-hydroxylation sites is 1. The Hall–Kier alpha value is -2.68. The van der Waals surface area contributed by atoms with Crippen molar-refractivity contribution in [3.63, 3.8) is 0 Å². The molecule has 0 atom stereocenters. The summed E-state index contributed by atoms with van der Waals surface area (Å²) in [5.41, 5.74) is 7.18. The van der Waals surface area contributed by atoms with Crippen LogP contribution in [0.4, 0.5) is 0 Å². The van der Waals surface area contributed by atoms with Gasteiger partial charge in [0.25, 0.3) is 0 Å². The molecule has 0 aliphatic carbocycles. The number of nitrogens with zero attached hydrogens (tertiary/aromatic N) is 2. The molecule has 1 aromatic carbocycles. The zero-order valence-electron chi connectivity index (χ0n) is 12.9. The average Bonchev–Trinajstić information content (AvgIpc) is 2.88. The van der Waals surface area contributed by atoms with Crippen molar-refractivity contribution in [2.24, 2.45) is 7.05 Å². The van der Waals surface area contributed by atoms with Gasteiger partial charge in [-0.1, -0.05) is 12.1 Å². The lowest BCUT2D eigenvalue weighted by Gasteiger charge is -2.07. The lowest BCUT2D eigenvalue weighted by molar-refractivity contribution is -0.660. The van der Waals surface area contributed by atoms with Crippen LogP contribution >= 0.6 is 0 Å². The molecule has 22 heavy (non-hydrogen) atoms. The highest BCUT2D eigenvalue weighted by Crippen LogP contribution is 2.34. The van der Waals surface area contributed by atoms with Crippen molar-refractivity contribution in [2.75, 3.05) is 0 Å². The van der Waals surface area contributed by atoms with Crippen molar-refractivity contribution in [2.45, 2.75) is 13.8 Å². The number of aryl methyl sites for hydroxylation is 3. The largest absolute Gasteiger partial charge is 0.454 e. The van der Waals surface area contributed by atoms with Crippen LogP contribution in [0.5, 0.6) is 0 Å². The fourth-order valence-electron chi connectivity index (χ4n) is 3.17. The first-order valence-corrected chi connectivity index (χ1v) is 7.40. The van der Waals surface area contributed by atoms with Crippen molar-refractivity contribution < 1.29 is 8.98 Å². The van der Waals surface area contributed by atoms with Crippen LogP contribution < -0.4 is 4.57 Å². The van der Waals surface area contributed by atoms with E-state index in [1.807, 2.05) is 24.3 Å². The molecule has 0 unspecified atom stereocenters. The van der Waals surface area contributed by atoms with Gasteiger partial charge in [-0.05, 0) is 32.0 Å². The maximum atomic E-state index is 6.07. The molecule has 0 spiro atoms. The highest BCUT2D eigenvalue weighted by molar-refractivity contribution is 6.04. The highest BCUT2D eigenvalue weighted by atomic mass is 16.3. The van der Waals surface area contributed by atoms with Gasteiger partial charge in [0.2, 0.25) is 5.69 Å². The first-order chi connectivity index (χ1) is 10.7. The predicted molar refractivity (Wildman–Crippen MR) is 87.6 cm³/mol. The molecule has 0 N–H and O–H groups in total. The lowest BCUT2D eigenvalue weighted by Crippen LogP contribution is -2.30. The summed E-state index contributed by atoms with van der Waals surface area (Å²) >= 11 is 0. The Morgan fingerprint density at radius 2 is 1.77 bits per heavy atom. The fraction of sp³-hybridized carbons (Fsp3) is 0.158. The van der Waals surface area contributed by atoms with Gasteiger partial charge in [-0.25, -0.2) is 9.55 Å². The zero-order valence-corrected chi connectivity index (χ0v) is 12.9. The summed E-state index contributed by atoms with van der Waals surface area (Å²) < 4.78 is 8.19. The van der Waals surface area contributed by atoms with Gasteiger partial charge in [-0.15, -0.1) is 0 Å². The van der Waals surface area contributed by atoms with Crippen LogP contribution in [0.2, 0.25) is 0 Å². The highest BCUT2D eigenvalue weighted by Gasteiger charge is 2.21. The standard InChI is InChI=1S/C19H17N2O/c1-12-17(15-9-6-7-11-21(15)3)13(2)20-18-14-8-4-5-10-16(14)22-19(12)18/h4-11H,1-3H3/q+1. The summed E-state index contributed by atoms with van der Waals surface area (Å²) in [4.78, 5) is 4.83. The summed E-state index contributed by atoms with van der Waals surface area (Å²) in [5, 5.41) is 1.08. The minimum absolute atomic E-state index is 0.880. The Bertz CT molecular complexity index is 1010. The topological polar surface area (TPSA) is 29.9 Å². The first kappa shape index (κ1) is 13.0. The second-order valence-corrected chi connectivity index (χ2v) is 5.67. The van der Waals surface area contributed by atoms with Crippen LogP contribution in [0.25, 0.3) is 33.3 Å². The molecule has 0 saturated heterocycles. The third-order valence-electron chi connectivity index (χ3n) is 4.24. The van der Waals surface area contributed by atoms with Crippen molar-refractivity contribution in [1.29, 1.82) is 0 Å². The number of pyridine rings is 2. The van der Waals surface area contributed by atoms with E-state index < -0.39 is 0 Å². The van der Waals surface area contributed by atoms with E-state index in [0.29, 0.717) is 0 Å². The summed E-state index contributed by atoms with van der Waals surface area (Å²) in [6.45, 7) is 4.18. The molecular formula is C19H17N2O+. The third-order valence-corrected chi connectivity index (χ3v) is 4.24. The summed E-state index contributed by atoms with van der Waals surface area (Å²) in [7, 11) is 2.05. The van der Waals surface area contributed by atoms with E-state index in [2.05, 4.69) is 49.9 Å². The Balaban J connectivity index is 2.13. The van der Waals surface area contributed by atoms with Gasteiger partial charge in [0, 0.05) is 23.1 Å². The molecule has 3 heterocycles. The zero-order chi connectivity index (χ0) is 15.3. The first-order valence-electron chi connectivity index (χ1n) is 7.40. The Kier molecular flexibility index (Phi) is 2.76. The van der Waals surface area contributed by atoms with E-state index in [1.54, 1.807) is 0 Å². The van der Waals surface area contributed by atoms with Gasteiger partial charge in [-0.2, -0.15) is 0 Å². The Morgan fingerprint density at radius 1 is 1.00 bits per heavy atom. The Labute approximate surface area is 128 Å². The molecule has 0 fully saturated rings. The molecule has 0 aliphatic rings. The van der Waals surface area contributed by atoms with E-state index in [-0.39, 0.29) is 0 Å². The van der Waals surface area contributed by atoms with Crippen LogP contribution in [0.1, 0.15) is 11.3 Å². The van der Waals surface area contributed by atoms with Crippen LogP contribution in [0, 0.1) is 13.8 Å². The van der Waals surface area contributed by atoms with Gasteiger partial charge in [0.1, 0.15) is 18.1 Å². The molecule has 4 aromatic rings. The minimum atomic E-state index is 0.880. The van der Waals surface area contributed by atoms with E-state index in [4.69, 9.17) is 9.40 Å². The van der Waals surface area contributed by atoms with Gasteiger partial charge in [0.05, 0.1) is 11.3 Å². The molecule has 3 heteroatoms. The fourth-order valence-corrected chi connectivity index (χ4v) is 3.17. The van der Waals surface area contributed by atoms with Gasteiger partial charge in [-0.3, -0.25) is 0 Å². The van der Waals surface area contributed by atoms with Crippen molar-refractivity contribution >= 4 is 22.1 Å². The van der Waals surface area contributed by atoms with Crippen molar-refractivity contribution in [1.82, 2.24) is 4.98 Å². The smallest absolute Gasteiger partial charge is 0.214 e. The normalized spacial score (nSPS) is 11.4. The van der Waals surface area contributed by atoms with Crippen molar-refractivity contribution in [3.05, 3.63) is 59.9 Å². The van der Waals surface area contributed by atoms with E-state index in [9.17, 15) is 0 Å². The summed E-state index contributed by atoms with van der Waals surface area (Å²) in [5.74, 6) is 0. The summed E-state index contributed by atoms with van der Waals surface area (Å²) in [6.07, 6.45) is 2.05. The number of furan rings is 1. The number of hydrogen-bond donors (Lipinski definition) is 0. The number of rotatable bonds is 1. The van der Waals surface area contributed by atoms with Gasteiger partial charge in [0.15, 0.2) is 11.8 Å². The van der Waals surface area contributed by atoms with Crippen LogP contribution in [-0.4, -0.2) is 4.98 Å². The van der Waals surface area contributed by atoms with E-state index in [0.717, 1.165) is 44.6 Å². The predicted octanol–water partition coefficient (Wildman–Crippen LogP) is 4.09. The molecule has 0 saturated carbocycles. The van der Waals surface area contributed by atoms with Crippen LogP contribution in [-0.2, 0) is 7.05 Å². The van der Waals surface area contributed by atoms with Crippen LogP contribution in [0.15, 0.2) is 53.1 Å². The second kappa shape index (κ2) is 4.67. The molecule has 0 amide bonds. The molecule has 108 valence electrons.